The van der Waals surface area contributed by atoms with Gasteiger partial charge in [0.05, 0.1) is 12.3 Å². The minimum atomic E-state index is 0.756. The highest BCUT2D eigenvalue weighted by atomic mass is 16.5. The van der Waals surface area contributed by atoms with Crippen LogP contribution in [0.15, 0.2) is 12.3 Å². The normalized spacial score (nSPS) is 29.2. The van der Waals surface area contributed by atoms with E-state index < -0.39 is 0 Å². The Morgan fingerprint density at radius 2 is 2.37 bits per heavy atom. The highest BCUT2D eigenvalue weighted by molar-refractivity contribution is 4.99. The van der Waals surface area contributed by atoms with E-state index in [1.54, 1.807) is 7.11 Å². The molecule has 2 fully saturated rings. The van der Waals surface area contributed by atoms with Gasteiger partial charge in [-0.15, -0.1) is 0 Å². The molecular formula is C15H25N3O. The van der Waals surface area contributed by atoms with Crippen LogP contribution in [0.1, 0.15) is 31.4 Å². The minimum absolute atomic E-state index is 0.756. The van der Waals surface area contributed by atoms with Gasteiger partial charge in [-0.05, 0) is 43.1 Å². The Labute approximate surface area is 115 Å². The average molecular weight is 263 g/mol. The summed E-state index contributed by atoms with van der Waals surface area (Å²) in [6.07, 6.45) is 8.00. The highest BCUT2D eigenvalue weighted by Gasteiger charge is 2.39. The molecule has 3 rings (SSSR count). The smallest absolute Gasteiger partial charge is 0.0762 e. The van der Waals surface area contributed by atoms with Gasteiger partial charge >= 0.3 is 0 Å². The Bertz CT molecular complexity index is 404. The first-order chi connectivity index (χ1) is 9.35. The van der Waals surface area contributed by atoms with Gasteiger partial charge < -0.3 is 10.1 Å². The average Bonchev–Trinajstić information content (AvgIpc) is 3.11. The summed E-state index contributed by atoms with van der Waals surface area (Å²) in [6, 6.07) is 2.13. The quantitative estimate of drug-likeness (QED) is 0.765. The molecule has 0 radical (unpaired) electrons. The van der Waals surface area contributed by atoms with Crippen molar-refractivity contribution in [3.8, 4) is 0 Å². The molecule has 19 heavy (non-hydrogen) atoms. The summed E-state index contributed by atoms with van der Waals surface area (Å²) in [5, 5.41) is 8.00. The maximum atomic E-state index is 5.01. The van der Waals surface area contributed by atoms with E-state index in [0.29, 0.717) is 0 Å². The molecule has 2 aliphatic rings. The number of fused-ring (bicyclic) bond motifs is 2. The van der Waals surface area contributed by atoms with Gasteiger partial charge in [0.25, 0.3) is 0 Å². The van der Waals surface area contributed by atoms with E-state index in [0.717, 1.165) is 49.7 Å². The molecule has 1 aromatic heterocycles. The van der Waals surface area contributed by atoms with Gasteiger partial charge in [0.1, 0.15) is 0 Å². The second kappa shape index (κ2) is 6.06. The van der Waals surface area contributed by atoms with Crippen LogP contribution in [0.4, 0.5) is 0 Å². The van der Waals surface area contributed by atoms with Crippen molar-refractivity contribution in [3.05, 3.63) is 18.0 Å². The standard InChI is InChI=1S/C15H25N3O/c1-19-7-5-16-10-15-4-6-18(17-15)11-14-9-12-2-3-13(14)8-12/h4,6,12-14,16H,2-3,5,7-11H2,1H3. The molecule has 106 valence electrons. The fourth-order valence-corrected chi connectivity index (χ4v) is 3.83. The fourth-order valence-electron chi connectivity index (χ4n) is 3.83. The molecule has 0 aromatic carbocycles. The van der Waals surface area contributed by atoms with Crippen molar-refractivity contribution in [1.82, 2.24) is 15.1 Å². The van der Waals surface area contributed by atoms with Crippen molar-refractivity contribution < 1.29 is 4.74 Å². The second-order valence-corrected chi connectivity index (χ2v) is 6.13. The molecule has 0 spiro atoms. The first-order valence-electron chi connectivity index (χ1n) is 7.57. The molecule has 1 N–H and O–H groups in total. The number of nitrogens with zero attached hydrogens (tertiary/aromatic N) is 2. The summed E-state index contributed by atoms with van der Waals surface area (Å²) in [6.45, 7) is 3.61. The maximum absolute atomic E-state index is 5.01. The van der Waals surface area contributed by atoms with Crippen LogP contribution < -0.4 is 5.32 Å². The predicted molar refractivity (Wildman–Crippen MR) is 74.7 cm³/mol. The third-order valence-electron chi connectivity index (χ3n) is 4.79. The lowest BCUT2D eigenvalue weighted by Crippen LogP contribution is -2.20. The van der Waals surface area contributed by atoms with E-state index in [2.05, 4.69) is 27.4 Å². The summed E-state index contributed by atoms with van der Waals surface area (Å²) in [4.78, 5) is 0. The first-order valence-corrected chi connectivity index (χ1v) is 7.57. The number of nitrogens with one attached hydrogen (secondary N) is 1. The molecule has 0 amide bonds. The van der Waals surface area contributed by atoms with Crippen LogP contribution >= 0.6 is 0 Å². The van der Waals surface area contributed by atoms with Crippen LogP contribution in [0.5, 0.6) is 0 Å². The van der Waals surface area contributed by atoms with Crippen LogP contribution in [-0.2, 0) is 17.8 Å². The number of methoxy groups -OCH3 is 1. The summed E-state index contributed by atoms with van der Waals surface area (Å²) < 4.78 is 7.17. The Morgan fingerprint density at radius 1 is 1.42 bits per heavy atom. The first kappa shape index (κ1) is 13.1. The molecule has 0 saturated heterocycles. The molecule has 0 aliphatic heterocycles. The van der Waals surface area contributed by atoms with Gasteiger partial charge in [0.15, 0.2) is 0 Å². The zero-order chi connectivity index (χ0) is 13.1. The Balaban J connectivity index is 1.45. The van der Waals surface area contributed by atoms with Crippen LogP contribution in [0, 0.1) is 17.8 Å². The van der Waals surface area contributed by atoms with Crippen molar-refractivity contribution in [1.29, 1.82) is 0 Å². The molecule has 1 aromatic rings. The van der Waals surface area contributed by atoms with Gasteiger partial charge in [-0.3, -0.25) is 4.68 Å². The third-order valence-corrected chi connectivity index (χ3v) is 4.79. The monoisotopic (exact) mass is 263 g/mol. The summed E-state index contributed by atoms with van der Waals surface area (Å²) in [7, 11) is 1.73. The Morgan fingerprint density at radius 3 is 3.11 bits per heavy atom. The molecule has 2 bridgehead atoms. The molecule has 3 atom stereocenters. The lowest BCUT2D eigenvalue weighted by molar-refractivity contribution is 0.199. The molecule has 2 aliphatic carbocycles. The zero-order valence-corrected chi connectivity index (χ0v) is 11.8. The predicted octanol–water partition coefficient (Wildman–Crippen LogP) is 2.06. The van der Waals surface area contributed by atoms with E-state index in [1.165, 1.54) is 25.7 Å². The zero-order valence-electron chi connectivity index (χ0n) is 11.8. The van der Waals surface area contributed by atoms with E-state index in [-0.39, 0.29) is 0 Å². The summed E-state index contributed by atoms with van der Waals surface area (Å²) >= 11 is 0. The van der Waals surface area contributed by atoms with Crippen molar-refractivity contribution in [3.63, 3.8) is 0 Å². The van der Waals surface area contributed by atoms with E-state index in [1.807, 2.05) is 0 Å². The van der Waals surface area contributed by atoms with Gasteiger partial charge in [0, 0.05) is 32.9 Å². The van der Waals surface area contributed by atoms with E-state index in [4.69, 9.17) is 4.74 Å². The molecule has 2 saturated carbocycles. The fraction of sp³-hybridized carbons (Fsp3) is 0.800. The van der Waals surface area contributed by atoms with Crippen molar-refractivity contribution in [2.45, 2.75) is 38.8 Å². The van der Waals surface area contributed by atoms with E-state index >= 15 is 0 Å². The van der Waals surface area contributed by atoms with Gasteiger partial charge in [-0.2, -0.15) is 5.10 Å². The third kappa shape index (κ3) is 3.18. The van der Waals surface area contributed by atoms with Gasteiger partial charge in [0.2, 0.25) is 0 Å². The lowest BCUT2D eigenvalue weighted by atomic mass is 9.89. The highest BCUT2D eigenvalue weighted by Crippen LogP contribution is 2.48. The summed E-state index contributed by atoms with van der Waals surface area (Å²) in [5.41, 5.74) is 1.14. The Hall–Kier alpha value is -0.870. The van der Waals surface area contributed by atoms with Crippen molar-refractivity contribution in [2.24, 2.45) is 17.8 Å². The van der Waals surface area contributed by atoms with Crippen LogP contribution in [-0.4, -0.2) is 30.0 Å². The molecule has 4 nitrogen and oxygen atoms in total. The van der Waals surface area contributed by atoms with E-state index in [9.17, 15) is 0 Å². The lowest BCUT2D eigenvalue weighted by Gasteiger charge is -2.21. The van der Waals surface area contributed by atoms with Crippen LogP contribution in [0.25, 0.3) is 0 Å². The van der Waals surface area contributed by atoms with Crippen LogP contribution in [0.2, 0.25) is 0 Å². The van der Waals surface area contributed by atoms with Crippen LogP contribution in [0.3, 0.4) is 0 Å². The van der Waals surface area contributed by atoms with Crippen molar-refractivity contribution >= 4 is 0 Å². The number of ether oxygens (including phenoxy) is 1. The number of aromatic nitrogens is 2. The largest absolute Gasteiger partial charge is 0.383 e. The number of hydrogen-bond donors (Lipinski definition) is 1. The molecule has 4 heteroatoms. The molecule has 1 heterocycles. The minimum Gasteiger partial charge on any atom is -0.383 e. The van der Waals surface area contributed by atoms with Gasteiger partial charge in [-0.25, -0.2) is 0 Å². The molecule has 3 unspecified atom stereocenters. The number of rotatable bonds is 7. The molecular weight excluding hydrogens is 238 g/mol. The summed E-state index contributed by atoms with van der Waals surface area (Å²) in [5.74, 6) is 2.89. The second-order valence-electron chi connectivity index (χ2n) is 6.13. The topological polar surface area (TPSA) is 39.1 Å². The maximum Gasteiger partial charge on any atom is 0.0762 e. The number of hydrogen-bond acceptors (Lipinski definition) is 3. The SMILES string of the molecule is COCCNCc1ccn(CC2CC3CCC2C3)n1. The van der Waals surface area contributed by atoms with Crippen molar-refractivity contribution in [2.75, 3.05) is 20.3 Å². The Kier molecular flexibility index (Phi) is 4.18. The van der Waals surface area contributed by atoms with Gasteiger partial charge in [-0.1, -0.05) is 6.42 Å².